The first-order chi connectivity index (χ1) is 9.86. The van der Waals surface area contributed by atoms with E-state index < -0.39 is 0 Å². The molecule has 0 N–H and O–H groups in total. The van der Waals surface area contributed by atoms with Gasteiger partial charge in [0.15, 0.2) is 5.82 Å². The van der Waals surface area contributed by atoms with Crippen LogP contribution in [-0.2, 0) is 18.4 Å². The summed E-state index contributed by atoms with van der Waals surface area (Å²) in [4.78, 5) is 7.16. The molecule has 3 heterocycles. The van der Waals surface area contributed by atoms with Gasteiger partial charge in [0.1, 0.15) is 5.65 Å². The lowest BCUT2D eigenvalue weighted by Gasteiger charge is -2.16. The molecule has 2 aromatic heterocycles. The average Bonchev–Trinajstić information content (AvgIpc) is 3.07. The molecular weight excluding hydrogens is 314 g/mol. The Labute approximate surface area is 126 Å². The Morgan fingerprint density at radius 2 is 1.70 bits per heavy atom. The Morgan fingerprint density at radius 1 is 1.00 bits per heavy atom. The van der Waals surface area contributed by atoms with Gasteiger partial charge in [-0.25, -0.2) is 4.98 Å². The van der Waals surface area contributed by atoms with Gasteiger partial charge in [-0.3, -0.25) is 0 Å². The maximum Gasteiger partial charge on any atom is 0.152 e. The zero-order valence-electron chi connectivity index (χ0n) is 11.0. The second kappa shape index (κ2) is 4.63. The van der Waals surface area contributed by atoms with Gasteiger partial charge in [-0.15, -0.1) is 0 Å². The summed E-state index contributed by atoms with van der Waals surface area (Å²) in [5.74, 6) is 1.09. The van der Waals surface area contributed by atoms with Crippen molar-refractivity contribution in [2.24, 2.45) is 0 Å². The van der Waals surface area contributed by atoms with E-state index in [1.807, 2.05) is 12.1 Å². The van der Waals surface area contributed by atoms with Crippen molar-refractivity contribution in [1.29, 1.82) is 0 Å². The van der Waals surface area contributed by atoms with Gasteiger partial charge in [0.2, 0.25) is 0 Å². The highest BCUT2D eigenvalue weighted by Gasteiger charge is 2.23. The van der Waals surface area contributed by atoms with Crippen molar-refractivity contribution in [2.75, 3.05) is 4.90 Å². The first-order valence-corrected chi connectivity index (χ1v) is 7.82. The minimum atomic E-state index is 0.806. The van der Waals surface area contributed by atoms with Crippen LogP contribution in [0.4, 0.5) is 5.82 Å². The van der Waals surface area contributed by atoms with Crippen molar-refractivity contribution in [1.82, 2.24) is 9.38 Å². The number of imidazole rings is 1. The van der Waals surface area contributed by atoms with E-state index in [0.717, 1.165) is 29.9 Å². The number of alkyl halides is 1. The van der Waals surface area contributed by atoms with E-state index in [-0.39, 0.29) is 0 Å². The van der Waals surface area contributed by atoms with Gasteiger partial charge in [0.25, 0.3) is 0 Å². The van der Waals surface area contributed by atoms with Crippen molar-refractivity contribution in [2.45, 2.75) is 18.4 Å². The monoisotopic (exact) mass is 327 g/mol. The molecule has 0 unspecified atom stereocenters. The molecule has 1 aromatic carbocycles. The fourth-order valence-electron chi connectivity index (χ4n) is 2.89. The quantitative estimate of drug-likeness (QED) is 0.668. The lowest BCUT2D eigenvalue weighted by atomic mass is 10.1. The van der Waals surface area contributed by atoms with Crippen LogP contribution in [0.15, 0.2) is 48.7 Å². The fourth-order valence-corrected chi connectivity index (χ4v) is 3.42. The van der Waals surface area contributed by atoms with Crippen LogP contribution in [0.3, 0.4) is 0 Å². The summed E-state index contributed by atoms with van der Waals surface area (Å²) < 4.78 is 2.16. The van der Waals surface area contributed by atoms with Gasteiger partial charge < -0.3 is 9.30 Å². The lowest BCUT2D eigenvalue weighted by molar-refractivity contribution is 0.855. The maximum atomic E-state index is 4.81. The van der Waals surface area contributed by atoms with Gasteiger partial charge in [-0.1, -0.05) is 46.3 Å². The van der Waals surface area contributed by atoms with Gasteiger partial charge in [-0.05, 0) is 23.3 Å². The highest BCUT2D eigenvalue weighted by Crippen LogP contribution is 2.31. The number of aromatic nitrogens is 2. The van der Waals surface area contributed by atoms with Crippen molar-refractivity contribution < 1.29 is 0 Å². The molecule has 4 heteroatoms. The molecular formula is C16H14BrN3. The largest absolute Gasteiger partial charge is 0.346 e. The van der Waals surface area contributed by atoms with E-state index >= 15 is 0 Å². The Hall–Kier alpha value is -1.81. The maximum absolute atomic E-state index is 4.81. The van der Waals surface area contributed by atoms with E-state index in [1.165, 1.54) is 16.8 Å². The van der Waals surface area contributed by atoms with Crippen LogP contribution in [0.1, 0.15) is 16.8 Å². The zero-order chi connectivity index (χ0) is 13.5. The summed E-state index contributed by atoms with van der Waals surface area (Å²) in [6, 6.07) is 14.8. The zero-order valence-corrected chi connectivity index (χ0v) is 12.5. The van der Waals surface area contributed by atoms with E-state index in [2.05, 4.69) is 61.8 Å². The second-order valence-corrected chi connectivity index (χ2v) is 5.63. The molecule has 0 saturated carbocycles. The molecule has 1 aliphatic heterocycles. The predicted octanol–water partition coefficient (Wildman–Crippen LogP) is 3.75. The molecule has 1 aliphatic rings. The first kappa shape index (κ1) is 12.0. The van der Waals surface area contributed by atoms with Crippen LogP contribution < -0.4 is 4.90 Å². The summed E-state index contributed by atoms with van der Waals surface area (Å²) in [5, 5.41) is 0.806. The minimum absolute atomic E-state index is 0.806. The summed E-state index contributed by atoms with van der Waals surface area (Å²) >= 11 is 3.60. The van der Waals surface area contributed by atoms with Gasteiger partial charge in [-0.2, -0.15) is 0 Å². The molecule has 0 bridgehead atoms. The highest BCUT2D eigenvalue weighted by atomic mass is 79.9. The summed E-state index contributed by atoms with van der Waals surface area (Å²) in [7, 11) is 0. The topological polar surface area (TPSA) is 20.5 Å². The number of fused-ring (bicyclic) bond motifs is 2. The molecule has 0 spiro atoms. The third-order valence-corrected chi connectivity index (χ3v) is 4.41. The predicted molar refractivity (Wildman–Crippen MR) is 84.2 cm³/mol. The standard InChI is InChI=1S/C16H14BrN3/c17-9-14-16(18-15-7-3-4-8-20(14)15)19-10-12-5-1-2-6-13(12)11-19/h1-8H,9-11H2. The highest BCUT2D eigenvalue weighted by molar-refractivity contribution is 9.08. The van der Waals surface area contributed by atoms with Crippen LogP contribution in [0.2, 0.25) is 0 Å². The molecule has 4 rings (SSSR count). The molecule has 3 aromatic rings. The van der Waals surface area contributed by atoms with Gasteiger partial charge >= 0.3 is 0 Å². The lowest BCUT2D eigenvalue weighted by Crippen LogP contribution is -2.16. The number of hydrogen-bond acceptors (Lipinski definition) is 2. The second-order valence-electron chi connectivity index (χ2n) is 5.07. The number of hydrogen-bond donors (Lipinski definition) is 0. The molecule has 0 saturated heterocycles. The van der Waals surface area contributed by atoms with Crippen LogP contribution in [-0.4, -0.2) is 9.38 Å². The fraction of sp³-hybridized carbons (Fsp3) is 0.188. The molecule has 20 heavy (non-hydrogen) atoms. The molecule has 100 valence electrons. The van der Waals surface area contributed by atoms with Crippen molar-refractivity contribution in [3.63, 3.8) is 0 Å². The minimum Gasteiger partial charge on any atom is -0.346 e. The molecule has 3 nitrogen and oxygen atoms in total. The third kappa shape index (κ3) is 1.75. The smallest absolute Gasteiger partial charge is 0.152 e. The Balaban J connectivity index is 1.80. The van der Waals surface area contributed by atoms with E-state index in [1.54, 1.807) is 0 Å². The van der Waals surface area contributed by atoms with Gasteiger partial charge in [0, 0.05) is 24.6 Å². The first-order valence-electron chi connectivity index (χ1n) is 6.70. The van der Waals surface area contributed by atoms with E-state index in [9.17, 15) is 0 Å². The number of nitrogens with zero attached hydrogens (tertiary/aromatic N) is 3. The van der Waals surface area contributed by atoms with E-state index in [4.69, 9.17) is 4.98 Å². The third-order valence-electron chi connectivity index (χ3n) is 3.87. The number of pyridine rings is 1. The summed E-state index contributed by atoms with van der Waals surface area (Å²) in [5.41, 5.74) is 5.04. The average molecular weight is 328 g/mol. The molecule has 0 amide bonds. The number of halogens is 1. The van der Waals surface area contributed by atoms with Crippen molar-refractivity contribution >= 4 is 27.4 Å². The Kier molecular flexibility index (Phi) is 2.77. The number of benzene rings is 1. The van der Waals surface area contributed by atoms with Gasteiger partial charge in [0.05, 0.1) is 5.69 Å². The molecule has 0 fully saturated rings. The number of rotatable bonds is 2. The van der Waals surface area contributed by atoms with Crippen LogP contribution in [0.5, 0.6) is 0 Å². The number of anilines is 1. The molecule has 0 radical (unpaired) electrons. The van der Waals surface area contributed by atoms with Crippen molar-refractivity contribution in [3.05, 3.63) is 65.5 Å². The SMILES string of the molecule is BrCc1c(N2Cc3ccccc3C2)nc2ccccn12. The van der Waals surface area contributed by atoms with Crippen LogP contribution in [0.25, 0.3) is 5.65 Å². The molecule has 0 atom stereocenters. The van der Waals surface area contributed by atoms with Crippen LogP contribution in [0, 0.1) is 0 Å². The Bertz CT molecular complexity index is 753. The molecule has 0 aliphatic carbocycles. The summed E-state index contributed by atoms with van der Waals surface area (Å²) in [6.45, 7) is 1.89. The normalized spacial score (nSPS) is 13.9. The van der Waals surface area contributed by atoms with Crippen molar-refractivity contribution in [3.8, 4) is 0 Å². The van der Waals surface area contributed by atoms with E-state index in [0.29, 0.717) is 0 Å². The summed E-state index contributed by atoms with van der Waals surface area (Å²) in [6.07, 6.45) is 2.08. The Morgan fingerprint density at radius 3 is 2.40 bits per heavy atom. The van der Waals surface area contributed by atoms with Crippen LogP contribution >= 0.6 is 15.9 Å².